The van der Waals surface area contributed by atoms with Gasteiger partial charge in [0.05, 0.1) is 5.52 Å². The van der Waals surface area contributed by atoms with Crippen LogP contribution in [0.4, 0.5) is 0 Å². The highest BCUT2D eigenvalue weighted by Crippen LogP contribution is 2.33. The molecule has 1 aromatic heterocycles. The molecule has 0 radical (unpaired) electrons. The number of benzene rings is 3. The van der Waals surface area contributed by atoms with Crippen LogP contribution in [0.1, 0.15) is 60.2 Å². The summed E-state index contributed by atoms with van der Waals surface area (Å²) in [6.07, 6.45) is 5.77. The normalized spacial score (nSPS) is 11.4. The van der Waals surface area contributed by atoms with Crippen LogP contribution in [-0.2, 0) is 19.4 Å². The van der Waals surface area contributed by atoms with E-state index in [4.69, 9.17) is 5.73 Å². The lowest BCUT2D eigenvalue weighted by Crippen LogP contribution is -2.11. The van der Waals surface area contributed by atoms with Crippen molar-refractivity contribution in [1.82, 2.24) is 4.57 Å². The summed E-state index contributed by atoms with van der Waals surface area (Å²) < 4.78 is 2.34. The molecule has 30 heavy (non-hydrogen) atoms. The van der Waals surface area contributed by atoms with Gasteiger partial charge in [-0.05, 0) is 54.2 Å². The smallest absolute Gasteiger partial charge is 0.249 e. The van der Waals surface area contributed by atoms with Gasteiger partial charge in [0.15, 0.2) is 0 Å². The van der Waals surface area contributed by atoms with E-state index in [9.17, 15) is 4.79 Å². The van der Waals surface area contributed by atoms with Gasteiger partial charge in [-0.3, -0.25) is 4.79 Å². The van der Waals surface area contributed by atoms with Crippen molar-refractivity contribution >= 4 is 27.7 Å². The molecule has 2 N–H and O–H groups in total. The molecular formula is C27H30N2O. The topological polar surface area (TPSA) is 48.0 Å². The molecule has 3 heteroatoms. The zero-order chi connectivity index (χ0) is 21.1. The van der Waals surface area contributed by atoms with Crippen molar-refractivity contribution < 1.29 is 4.79 Å². The first-order valence-corrected chi connectivity index (χ1v) is 11.0. The van der Waals surface area contributed by atoms with Crippen LogP contribution in [0.15, 0.2) is 60.7 Å². The second-order valence-corrected chi connectivity index (χ2v) is 8.13. The molecule has 1 heterocycles. The van der Waals surface area contributed by atoms with Crippen molar-refractivity contribution in [2.24, 2.45) is 5.73 Å². The lowest BCUT2D eigenvalue weighted by atomic mass is 10.0. The van der Waals surface area contributed by atoms with Crippen LogP contribution < -0.4 is 5.73 Å². The number of carbonyl (C=O) groups is 1. The van der Waals surface area contributed by atoms with Gasteiger partial charge in [-0.2, -0.15) is 0 Å². The molecule has 0 saturated carbocycles. The molecule has 0 atom stereocenters. The fourth-order valence-electron chi connectivity index (χ4n) is 4.43. The molecule has 4 aromatic rings. The zero-order valence-electron chi connectivity index (χ0n) is 17.9. The summed E-state index contributed by atoms with van der Waals surface area (Å²) in [6, 6.07) is 21.3. The van der Waals surface area contributed by atoms with Crippen molar-refractivity contribution in [2.75, 3.05) is 0 Å². The van der Waals surface area contributed by atoms with Gasteiger partial charge in [-0.1, -0.05) is 69.2 Å². The van der Waals surface area contributed by atoms with Crippen LogP contribution >= 0.6 is 0 Å². The molecular weight excluding hydrogens is 368 g/mol. The van der Waals surface area contributed by atoms with E-state index >= 15 is 0 Å². The number of fused-ring (bicyclic) bond motifs is 3. The van der Waals surface area contributed by atoms with E-state index in [2.05, 4.69) is 66.9 Å². The lowest BCUT2D eigenvalue weighted by molar-refractivity contribution is 0.100. The van der Waals surface area contributed by atoms with E-state index in [0.717, 1.165) is 35.7 Å². The monoisotopic (exact) mass is 398 g/mol. The molecule has 0 aliphatic rings. The maximum Gasteiger partial charge on any atom is 0.249 e. The van der Waals surface area contributed by atoms with Gasteiger partial charge in [-0.25, -0.2) is 0 Å². The quantitative estimate of drug-likeness (QED) is 0.351. The summed E-state index contributed by atoms with van der Waals surface area (Å²) in [5.41, 5.74) is 12.5. The SMILES string of the molecule is CCCCCc1ccc2c3c(C(N)=O)cccc3n(Cc3cccc(CC)c3)c2c1. The van der Waals surface area contributed by atoms with Crippen molar-refractivity contribution in [3.05, 3.63) is 82.9 Å². The van der Waals surface area contributed by atoms with E-state index in [-0.39, 0.29) is 5.91 Å². The Balaban J connectivity index is 1.90. The summed E-state index contributed by atoms with van der Waals surface area (Å²) in [5.74, 6) is -0.375. The molecule has 0 saturated heterocycles. The van der Waals surface area contributed by atoms with E-state index in [1.165, 1.54) is 41.5 Å². The van der Waals surface area contributed by atoms with Crippen molar-refractivity contribution in [3.63, 3.8) is 0 Å². The Morgan fingerprint density at radius 1 is 0.867 bits per heavy atom. The number of rotatable bonds is 8. The predicted molar refractivity (Wildman–Crippen MR) is 126 cm³/mol. The average molecular weight is 399 g/mol. The summed E-state index contributed by atoms with van der Waals surface area (Å²) in [4.78, 5) is 12.2. The second-order valence-electron chi connectivity index (χ2n) is 8.13. The van der Waals surface area contributed by atoms with Crippen LogP contribution in [-0.4, -0.2) is 10.5 Å². The Hall–Kier alpha value is -3.07. The number of primary amides is 1. The highest BCUT2D eigenvalue weighted by atomic mass is 16.1. The summed E-state index contributed by atoms with van der Waals surface area (Å²) >= 11 is 0. The van der Waals surface area contributed by atoms with Crippen molar-refractivity contribution in [1.29, 1.82) is 0 Å². The summed E-state index contributed by atoms with van der Waals surface area (Å²) in [5, 5.41) is 2.07. The number of nitrogens with two attached hydrogens (primary N) is 1. The van der Waals surface area contributed by atoms with Gasteiger partial charge in [0.2, 0.25) is 5.91 Å². The maximum absolute atomic E-state index is 12.2. The number of hydrogen-bond donors (Lipinski definition) is 1. The Bertz CT molecular complexity index is 1200. The van der Waals surface area contributed by atoms with Crippen molar-refractivity contribution in [3.8, 4) is 0 Å². The molecule has 0 bridgehead atoms. The van der Waals surface area contributed by atoms with Gasteiger partial charge in [0, 0.05) is 28.4 Å². The average Bonchev–Trinajstić information content (AvgIpc) is 3.07. The number of hydrogen-bond acceptors (Lipinski definition) is 1. The van der Waals surface area contributed by atoms with Crippen LogP contribution in [0.2, 0.25) is 0 Å². The summed E-state index contributed by atoms with van der Waals surface area (Å²) in [7, 11) is 0. The van der Waals surface area contributed by atoms with Gasteiger partial charge in [0.1, 0.15) is 0 Å². The highest BCUT2D eigenvalue weighted by molar-refractivity contribution is 6.18. The number of carbonyl (C=O) groups excluding carboxylic acids is 1. The number of amides is 1. The molecule has 1 amide bonds. The molecule has 3 aromatic carbocycles. The second kappa shape index (κ2) is 8.74. The minimum atomic E-state index is -0.375. The van der Waals surface area contributed by atoms with E-state index in [1.54, 1.807) is 0 Å². The minimum Gasteiger partial charge on any atom is -0.366 e. The fourth-order valence-corrected chi connectivity index (χ4v) is 4.43. The van der Waals surface area contributed by atoms with E-state index in [1.807, 2.05) is 12.1 Å². The number of nitrogens with zero attached hydrogens (tertiary/aromatic N) is 1. The predicted octanol–water partition coefficient (Wildman–Crippen LogP) is 6.24. The molecule has 0 unspecified atom stereocenters. The van der Waals surface area contributed by atoms with Crippen LogP contribution in [0.5, 0.6) is 0 Å². The van der Waals surface area contributed by atoms with Crippen molar-refractivity contribution in [2.45, 2.75) is 52.5 Å². The van der Waals surface area contributed by atoms with E-state index < -0.39 is 0 Å². The van der Waals surface area contributed by atoms with E-state index in [0.29, 0.717) is 5.56 Å². The molecule has 0 aliphatic heterocycles. The molecule has 0 aliphatic carbocycles. The molecule has 4 rings (SSSR count). The zero-order valence-corrected chi connectivity index (χ0v) is 17.9. The minimum absolute atomic E-state index is 0.375. The highest BCUT2D eigenvalue weighted by Gasteiger charge is 2.17. The molecule has 0 spiro atoms. The van der Waals surface area contributed by atoms with Crippen LogP contribution in [0.3, 0.4) is 0 Å². The number of aromatic nitrogens is 1. The largest absolute Gasteiger partial charge is 0.366 e. The Morgan fingerprint density at radius 3 is 2.43 bits per heavy atom. The van der Waals surface area contributed by atoms with Gasteiger partial charge in [0.25, 0.3) is 0 Å². The summed E-state index contributed by atoms with van der Waals surface area (Å²) in [6.45, 7) is 5.19. The lowest BCUT2D eigenvalue weighted by Gasteiger charge is -2.10. The third-order valence-corrected chi connectivity index (χ3v) is 6.03. The number of aryl methyl sites for hydroxylation is 2. The third kappa shape index (κ3) is 3.85. The van der Waals surface area contributed by atoms with Crippen LogP contribution in [0.25, 0.3) is 21.8 Å². The Labute approximate surface area is 178 Å². The van der Waals surface area contributed by atoms with Gasteiger partial charge < -0.3 is 10.3 Å². The van der Waals surface area contributed by atoms with Gasteiger partial charge >= 0.3 is 0 Å². The fraction of sp³-hybridized carbons (Fsp3) is 0.296. The first kappa shape index (κ1) is 20.2. The Morgan fingerprint density at radius 2 is 1.67 bits per heavy atom. The Kier molecular flexibility index (Phi) is 5.89. The first-order chi connectivity index (χ1) is 14.6. The van der Waals surface area contributed by atoms with Crippen LogP contribution in [0, 0.1) is 0 Å². The molecule has 0 fully saturated rings. The standard InChI is InChI=1S/C27H30N2O/c1-3-5-6-9-20-14-15-22-25(17-20)29(18-21-11-7-10-19(4-2)16-21)24-13-8-12-23(26(22)24)27(28)30/h7-8,10-17H,3-6,9,18H2,1-2H3,(H2,28,30). The third-order valence-electron chi connectivity index (χ3n) is 6.03. The van der Waals surface area contributed by atoms with Gasteiger partial charge in [-0.15, -0.1) is 0 Å². The maximum atomic E-state index is 12.2. The number of unbranched alkanes of at least 4 members (excludes halogenated alkanes) is 2. The molecule has 154 valence electrons. The first-order valence-electron chi connectivity index (χ1n) is 11.0. The molecule has 3 nitrogen and oxygen atoms in total.